The lowest BCUT2D eigenvalue weighted by molar-refractivity contribution is 0.0679. The van der Waals surface area contributed by atoms with E-state index in [1.54, 1.807) is 10.7 Å². The maximum absolute atomic E-state index is 11.4. The number of hydrogen-bond acceptors (Lipinski definition) is 3. The van der Waals surface area contributed by atoms with E-state index < -0.39 is 5.97 Å². The van der Waals surface area contributed by atoms with Crippen molar-refractivity contribution in [3.63, 3.8) is 0 Å². The van der Waals surface area contributed by atoms with E-state index in [1.165, 1.54) is 0 Å². The summed E-state index contributed by atoms with van der Waals surface area (Å²) in [5, 5.41) is 13.9. The van der Waals surface area contributed by atoms with Gasteiger partial charge in [-0.2, -0.15) is 5.10 Å². The monoisotopic (exact) mass is 275 g/mol. The number of aromatic nitrogens is 3. The van der Waals surface area contributed by atoms with Crippen molar-refractivity contribution in [3.05, 3.63) is 35.3 Å². The molecule has 1 fully saturated rings. The van der Waals surface area contributed by atoms with Gasteiger partial charge >= 0.3 is 5.97 Å². The molecule has 0 saturated carbocycles. The number of aryl methyl sites for hydroxylation is 2. The molecule has 0 amide bonds. The third kappa shape index (κ3) is 2.02. The van der Waals surface area contributed by atoms with Gasteiger partial charge in [0, 0.05) is 24.1 Å². The van der Waals surface area contributed by atoms with Crippen LogP contribution < -0.4 is 0 Å². The smallest absolute Gasteiger partial charge is 0.354 e. The van der Waals surface area contributed by atoms with Crippen molar-refractivity contribution in [2.24, 2.45) is 0 Å². The predicted molar refractivity (Wildman–Crippen MR) is 72.5 cm³/mol. The van der Waals surface area contributed by atoms with Gasteiger partial charge in [-0.3, -0.25) is 4.68 Å². The Kier molecular flexibility index (Phi) is 3.10. The summed E-state index contributed by atoms with van der Waals surface area (Å²) in [4.78, 5) is 11.4. The molecular weight excluding hydrogens is 258 g/mol. The van der Waals surface area contributed by atoms with Crippen molar-refractivity contribution in [3.8, 4) is 5.82 Å². The van der Waals surface area contributed by atoms with Crippen molar-refractivity contribution in [1.82, 2.24) is 14.3 Å². The fourth-order valence-electron chi connectivity index (χ4n) is 2.67. The van der Waals surface area contributed by atoms with Crippen molar-refractivity contribution in [1.29, 1.82) is 0 Å². The van der Waals surface area contributed by atoms with E-state index in [1.807, 2.05) is 30.5 Å². The molecule has 6 heteroatoms. The molecule has 2 aromatic rings. The maximum atomic E-state index is 11.4. The minimum Gasteiger partial charge on any atom is -0.477 e. The molecule has 6 nitrogen and oxygen atoms in total. The molecule has 0 aromatic carbocycles. The Bertz CT molecular complexity index is 631. The second-order valence-corrected chi connectivity index (χ2v) is 5.11. The first-order valence-electron chi connectivity index (χ1n) is 6.64. The summed E-state index contributed by atoms with van der Waals surface area (Å²) in [7, 11) is 0. The van der Waals surface area contributed by atoms with Gasteiger partial charge in [0.2, 0.25) is 0 Å². The predicted octanol–water partition coefficient (Wildman–Crippen LogP) is 1.95. The van der Waals surface area contributed by atoms with Gasteiger partial charge in [0.25, 0.3) is 0 Å². The van der Waals surface area contributed by atoms with E-state index >= 15 is 0 Å². The number of hydrogen-bond donors (Lipinski definition) is 1. The highest BCUT2D eigenvalue weighted by Gasteiger charge is 2.25. The highest BCUT2D eigenvalue weighted by atomic mass is 16.5. The number of aromatic carboxylic acids is 1. The van der Waals surface area contributed by atoms with Crippen LogP contribution in [0, 0.1) is 13.8 Å². The van der Waals surface area contributed by atoms with Gasteiger partial charge in [-0.05, 0) is 32.4 Å². The summed E-state index contributed by atoms with van der Waals surface area (Å²) < 4.78 is 8.88. The zero-order valence-electron chi connectivity index (χ0n) is 11.5. The standard InChI is InChI=1S/C14H17N3O3/c1-9-3-4-10(2)16(9)13-7-12(14(18)19)17(15-13)11-5-6-20-8-11/h3-4,7,11H,5-6,8H2,1-2H3,(H,18,19)/t11-/m1/s1. The van der Waals surface area contributed by atoms with Crippen molar-refractivity contribution in [2.75, 3.05) is 13.2 Å². The molecule has 3 heterocycles. The van der Waals surface area contributed by atoms with E-state index in [2.05, 4.69) is 5.10 Å². The van der Waals surface area contributed by atoms with Crippen LogP contribution >= 0.6 is 0 Å². The van der Waals surface area contributed by atoms with Crippen molar-refractivity contribution in [2.45, 2.75) is 26.3 Å². The van der Waals surface area contributed by atoms with Gasteiger partial charge in [0.05, 0.1) is 12.6 Å². The van der Waals surface area contributed by atoms with Crippen LogP contribution in [0.2, 0.25) is 0 Å². The van der Waals surface area contributed by atoms with Gasteiger partial charge in [-0.1, -0.05) is 0 Å². The summed E-state index contributed by atoms with van der Waals surface area (Å²) in [6.45, 7) is 5.13. The molecule has 20 heavy (non-hydrogen) atoms. The number of carboxylic acid groups (broad SMARTS) is 1. The highest BCUT2D eigenvalue weighted by Crippen LogP contribution is 2.23. The van der Waals surface area contributed by atoms with Gasteiger partial charge in [0.1, 0.15) is 5.69 Å². The molecule has 1 aliphatic heterocycles. The topological polar surface area (TPSA) is 69.3 Å². The molecular formula is C14H17N3O3. The summed E-state index contributed by atoms with van der Waals surface area (Å²) in [5.41, 5.74) is 2.28. The zero-order chi connectivity index (χ0) is 14.3. The van der Waals surface area contributed by atoms with Gasteiger partial charge < -0.3 is 14.4 Å². The summed E-state index contributed by atoms with van der Waals surface area (Å²) in [5.74, 6) is -0.313. The molecule has 0 unspecified atom stereocenters. The Morgan fingerprint density at radius 2 is 2.10 bits per heavy atom. The van der Waals surface area contributed by atoms with Crippen LogP contribution in [0.15, 0.2) is 18.2 Å². The largest absolute Gasteiger partial charge is 0.477 e. The molecule has 106 valence electrons. The van der Waals surface area contributed by atoms with Crippen LogP contribution in [0.5, 0.6) is 0 Å². The van der Waals surface area contributed by atoms with Crippen molar-refractivity contribution >= 4 is 5.97 Å². The molecule has 0 spiro atoms. The lowest BCUT2D eigenvalue weighted by Gasteiger charge is -2.10. The molecule has 2 aromatic heterocycles. The van der Waals surface area contributed by atoms with Gasteiger partial charge in [-0.15, -0.1) is 0 Å². The number of carbonyl (C=O) groups is 1. The van der Waals surface area contributed by atoms with Crippen LogP contribution in [0.25, 0.3) is 5.82 Å². The lowest BCUT2D eigenvalue weighted by atomic mass is 10.2. The fraction of sp³-hybridized carbons (Fsp3) is 0.429. The third-order valence-electron chi connectivity index (χ3n) is 3.69. The molecule has 1 aliphatic rings. The minimum absolute atomic E-state index is 0.00558. The Morgan fingerprint density at radius 3 is 2.65 bits per heavy atom. The zero-order valence-corrected chi connectivity index (χ0v) is 11.5. The Hall–Kier alpha value is -2.08. The Labute approximate surface area is 116 Å². The van der Waals surface area contributed by atoms with Gasteiger partial charge in [-0.25, -0.2) is 4.79 Å². The fourth-order valence-corrected chi connectivity index (χ4v) is 2.67. The number of rotatable bonds is 3. The second-order valence-electron chi connectivity index (χ2n) is 5.11. The first kappa shape index (κ1) is 12.9. The molecule has 1 saturated heterocycles. The minimum atomic E-state index is -0.960. The lowest BCUT2D eigenvalue weighted by Crippen LogP contribution is -2.16. The van der Waals surface area contributed by atoms with Crippen molar-refractivity contribution < 1.29 is 14.6 Å². The van der Waals surface area contributed by atoms with E-state index in [0.717, 1.165) is 17.8 Å². The first-order chi connectivity index (χ1) is 9.58. The normalized spacial score (nSPS) is 18.6. The Balaban J connectivity index is 2.10. The summed E-state index contributed by atoms with van der Waals surface area (Å²) in [6.07, 6.45) is 0.797. The Morgan fingerprint density at radius 1 is 1.40 bits per heavy atom. The SMILES string of the molecule is Cc1ccc(C)n1-c1cc(C(=O)O)n([C@@H]2CCOC2)n1. The number of ether oxygens (including phenoxy) is 1. The molecule has 1 atom stereocenters. The molecule has 0 aliphatic carbocycles. The van der Waals surface area contributed by atoms with Crippen LogP contribution in [0.4, 0.5) is 0 Å². The van der Waals surface area contributed by atoms with Gasteiger partial charge in [0.15, 0.2) is 5.82 Å². The quantitative estimate of drug-likeness (QED) is 0.929. The number of carboxylic acids is 1. The number of nitrogens with zero attached hydrogens (tertiary/aromatic N) is 3. The summed E-state index contributed by atoms with van der Waals surface area (Å²) >= 11 is 0. The van der Waals surface area contributed by atoms with E-state index in [9.17, 15) is 9.90 Å². The molecule has 0 bridgehead atoms. The first-order valence-corrected chi connectivity index (χ1v) is 6.64. The van der Waals surface area contributed by atoms with E-state index in [4.69, 9.17) is 4.74 Å². The maximum Gasteiger partial charge on any atom is 0.354 e. The van der Waals surface area contributed by atoms with Crippen LogP contribution in [-0.2, 0) is 4.74 Å². The van der Waals surface area contributed by atoms with E-state index in [-0.39, 0.29) is 11.7 Å². The summed E-state index contributed by atoms with van der Waals surface area (Å²) in [6, 6.07) is 5.62. The average Bonchev–Trinajstić information content (AvgIpc) is 3.08. The second kappa shape index (κ2) is 4.79. The molecule has 3 rings (SSSR count). The highest BCUT2D eigenvalue weighted by molar-refractivity contribution is 5.86. The van der Waals surface area contributed by atoms with E-state index in [0.29, 0.717) is 19.0 Å². The average molecular weight is 275 g/mol. The molecule has 1 N–H and O–H groups in total. The van der Waals surface area contributed by atoms with Crippen LogP contribution in [0.3, 0.4) is 0 Å². The molecule has 0 radical (unpaired) electrons. The third-order valence-corrected chi connectivity index (χ3v) is 3.69. The van der Waals surface area contributed by atoms with Crippen LogP contribution in [-0.4, -0.2) is 38.6 Å². The van der Waals surface area contributed by atoms with Crippen LogP contribution in [0.1, 0.15) is 34.3 Å².